The Kier molecular flexibility index (Phi) is 18.7. The zero-order chi connectivity index (χ0) is 42.3. The lowest BCUT2D eigenvalue weighted by Gasteiger charge is -2.27. The lowest BCUT2D eigenvalue weighted by Crippen LogP contribution is -2.52. The second kappa shape index (κ2) is 22.6. The van der Waals surface area contributed by atoms with Crippen molar-refractivity contribution in [1.29, 1.82) is 0 Å². The average Bonchev–Trinajstić information content (AvgIpc) is 3.82. The largest absolute Gasteiger partial charge is 0.394 e. The number of carbonyl (C=O) groups excluding carboxylic acids is 6. The molecule has 18 heteroatoms. The molecular formula is C39H59N6O11P. The SMILES string of the molecule is CC(=O)N1C[C@H](OCCCCc2ccccc2)C[C@H]1C(=O)N[C@@H](CC(C)C)C(=O)C[C@@H](Cc1cnc[nH]1)C(=O)N[C@@H](CO)C(=O)C[C@H](C(N)=O)[C@@H](C)CP(=O)(O)O. The molecule has 0 radical (unpaired) electrons. The maximum absolute atomic E-state index is 14.0. The molecule has 0 unspecified atom stereocenters. The number of ether oxygens (including phenoxy) is 1. The molecule has 0 bridgehead atoms. The molecule has 0 aliphatic carbocycles. The lowest BCUT2D eigenvalue weighted by molar-refractivity contribution is -0.138. The first-order valence-electron chi connectivity index (χ1n) is 19.4. The van der Waals surface area contributed by atoms with Gasteiger partial charge in [-0.1, -0.05) is 51.1 Å². The zero-order valence-electron chi connectivity index (χ0n) is 33.2. The number of aliphatic hydroxyl groups is 1. The molecule has 1 fully saturated rings. The summed E-state index contributed by atoms with van der Waals surface area (Å²) in [6.07, 6.45) is 3.90. The monoisotopic (exact) mass is 818 g/mol. The molecule has 1 aliphatic rings. The molecule has 1 aromatic carbocycles. The summed E-state index contributed by atoms with van der Waals surface area (Å²) >= 11 is 0. The highest BCUT2D eigenvalue weighted by atomic mass is 31.2. The van der Waals surface area contributed by atoms with Crippen LogP contribution in [0.1, 0.15) is 77.5 Å². The van der Waals surface area contributed by atoms with Crippen molar-refractivity contribution in [2.24, 2.45) is 29.4 Å². The summed E-state index contributed by atoms with van der Waals surface area (Å²) in [5, 5.41) is 15.4. The van der Waals surface area contributed by atoms with Crippen molar-refractivity contribution in [3.63, 3.8) is 0 Å². The maximum atomic E-state index is 14.0. The van der Waals surface area contributed by atoms with Crippen molar-refractivity contribution in [1.82, 2.24) is 25.5 Å². The smallest absolute Gasteiger partial charge is 0.325 e. The van der Waals surface area contributed by atoms with E-state index in [0.29, 0.717) is 12.3 Å². The van der Waals surface area contributed by atoms with Crippen molar-refractivity contribution in [3.05, 3.63) is 54.1 Å². The van der Waals surface area contributed by atoms with Crippen molar-refractivity contribution in [3.8, 4) is 0 Å². The fourth-order valence-corrected chi connectivity index (χ4v) is 8.12. The van der Waals surface area contributed by atoms with Gasteiger partial charge in [-0.05, 0) is 43.1 Å². The lowest BCUT2D eigenvalue weighted by atomic mass is 9.87. The highest BCUT2D eigenvalue weighted by Crippen LogP contribution is 2.39. The number of H-pyrrole nitrogens is 1. The van der Waals surface area contributed by atoms with Gasteiger partial charge in [-0.3, -0.25) is 33.3 Å². The zero-order valence-corrected chi connectivity index (χ0v) is 34.1. The van der Waals surface area contributed by atoms with Gasteiger partial charge in [0.15, 0.2) is 11.6 Å². The van der Waals surface area contributed by atoms with E-state index < -0.39 is 92.0 Å². The summed E-state index contributed by atoms with van der Waals surface area (Å²) in [5.41, 5.74) is 7.17. The number of nitrogens with one attached hydrogen (secondary N) is 3. The fraction of sp³-hybridized carbons (Fsp3) is 0.615. The number of hydrogen-bond donors (Lipinski definition) is 7. The summed E-state index contributed by atoms with van der Waals surface area (Å²) in [5.74, 6) is -7.28. The van der Waals surface area contributed by atoms with E-state index in [2.05, 4.69) is 32.7 Å². The molecule has 1 saturated heterocycles. The standard InChI is InChI=1S/C39H59N6O11P/c1-24(2)14-32(43-39(52)34-17-30(20-45(34)26(4)47)56-13-9-8-12-27-10-6-5-7-11-27)35(48)16-28(15-29-19-41-23-42-29)38(51)44-33(21-46)36(49)18-31(37(40)50)25(3)22-57(53,54)55/h5-7,10-11,19,23-25,28,30-34,46H,8-9,12-18,20-22H2,1-4H3,(H2,40,50)(H,41,42)(H,43,52)(H,44,51)(H2,53,54,55)/t25-,28+,30+,31-,32-,33-,34-/m0/s1. The number of amides is 4. The minimum atomic E-state index is -4.55. The fourth-order valence-electron chi connectivity index (χ4n) is 7.12. The Morgan fingerprint density at radius 3 is 2.28 bits per heavy atom. The molecule has 3 rings (SSSR count). The van der Waals surface area contributed by atoms with Gasteiger partial charge >= 0.3 is 7.60 Å². The molecule has 17 nitrogen and oxygen atoms in total. The third-order valence-electron chi connectivity index (χ3n) is 10.2. The number of nitrogens with two attached hydrogens (primary N) is 1. The van der Waals surface area contributed by atoms with Crippen LogP contribution in [-0.4, -0.2) is 115 Å². The van der Waals surface area contributed by atoms with Gasteiger partial charge in [0.1, 0.15) is 12.1 Å². The number of Topliss-reactive ketones (excluding diaryl/α,β-unsaturated/α-hetero) is 2. The molecule has 57 heavy (non-hydrogen) atoms. The summed E-state index contributed by atoms with van der Waals surface area (Å²) in [6.45, 7) is 6.31. The molecule has 1 aromatic heterocycles. The van der Waals surface area contributed by atoms with Gasteiger partial charge in [0, 0.05) is 63.6 Å². The Balaban J connectivity index is 1.69. The van der Waals surface area contributed by atoms with Crippen molar-refractivity contribution in [2.45, 2.75) is 103 Å². The number of aromatic nitrogens is 2. The van der Waals surface area contributed by atoms with Gasteiger partial charge in [0.2, 0.25) is 23.6 Å². The van der Waals surface area contributed by atoms with Crippen molar-refractivity contribution in [2.75, 3.05) is 25.9 Å². The van der Waals surface area contributed by atoms with Gasteiger partial charge in [0.05, 0.1) is 37.2 Å². The highest BCUT2D eigenvalue weighted by Gasteiger charge is 2.41. The number of aryl methyl sites for hydroxylation is 1. The van der Waals surface area contributed by atoms with E-state index in [1.165, 1.54) is 36.8 Å². The van der Waals surface area contributed by atoms with Gasteiger partial charge in [-0.2, -0.15) is 0 Å². The van der Waals surface area contributed by atoms with Crippen LogP contribution in [0.2, 0.25) is 0 Å². The third kappa shape index (κ3) is 15.9. The van der Waals surface area contributed by atoms with Crippen LogP contribution in [0.5, 0.6) is 0 Å². The van der Waals surface area contributed by atoms with Crippen LogP contribution in [0.4, 0.5) is 0 Å². The second-order valence-corrected chi connectivity index (χ2v) is 17.1. The molecule has 1 aliphatic heterocycles. The van der Waals surface area contributed by atoms with Gasteiger partial charge < -0.3 is 45.9 Å². The predicted octanol–water partition coefficient (Wildman–Crippen LogP) is 1.44. The number of benzene rings is 1. The maximum Gasteiger partial charge on any atom is 0.325 e. The highest BCUT2D eigenvalue weighted by molar-refractivity contribution is 7.51. The number of aliphatic hydroxyl groups excluding tert-OH is 1. The van der Waals surface area contributed by atoms with Crippen LogP contribution in [0.3, 0.4) is 0 Å². The number of primary amides is 1. The van der Waals surface area contributed by atoms with E-state index in [0.717, 1.165) is 19.3 Å². The number of carbonyl (C=O) groups is 6. The number of nitrogens with zero attached hydrogens (tertiary/aromatic N) is 2. The summed E-state index contributed by atoms with van der Waals surface area (Å²) in [7, 11) is -4.55. The number of imidazole rings is 1. The summed E-state index contributed by atoms with van der Waals surface area (Å²) in [6, 6.07) is 6.69. The van der Waals surface area contributed by atoms with E-state index >= 15 is 0 Å². The van der Waals surface area contributed by atoms with Gasteiger partial charge in [-0.25, -0.2) is 4.98 Å². The predicted molar refractivity (Wildman–Crippen MR) is 209 cm³/mol. The van der Waals surface area contributed by atoms with E-state index in [1.54, 1.807) is 0 Å². The van der Waals surface area contributed by atoms with Crippen LogP contribution < -0.4 is 16.4 Å². The van der Waals surface area contributed by atoms with Gasteiger partial charge in [0.25, 0.3) is 0 Å². The first kappa shape index (κ1) is 47.1. The van der Waals surface area contributed by atoms with E-state index in [-0.39, 0.29) is 50.2 Å². The van der Waals surface area contributed by atoms with E-state index in [9.17, 15) is 48.2 Å². The Hall–Kier alpha value is -4.28. The van der Waals surface area contributed by atoms with Crippen LogP contribution >= 0.6 is 7.60 Å². The Morgan fingerprint density at radius 2 is 1.70 bits per heavy atom. The number of likely N-dealkylation sites (tertiary alicyclic amines) is 1. The quantitative estimate of drug-likeness (QED) is 0.0554. The molecular weight excluding hydrogens is 759 g/mol. The Morgan fingerprint density at radius 1 is 1.02 bits per heavy atom. The molecule has 0 spiro atoms. The first-order valence-corrected chi connectivity index (χ1v) is 21.2. The second-order valence-electron chi connectivity index (χ2n) is 15.4. The molecule has 7 atom stereocenters. The molecule has 2 heterocycles. The third-order valence-corrected chi connectivity index (χ3v) is 11.2. The molecule has 0 saturated carbocycles. The minimum absolute atomic E-state index is 0.0272. The first-order chi connectivity index (χ1) is 26.9. The van der Waals surface area contributed by atoms with E-state index in [1.807, 2.05) is 32.0 Å². The number of ketones is 2. The topological polar surface area (TPSA) is 271 Å². The number of rotatable bonds is 25. The number of hydrogen-bond acceptors (Lipinski definition) is 10. The van der Waals surface area contributed by atoms with Crippen molar-refractivity contribution < 1.29 is 53.0 Å². The summed E-state index contributed by atoms with van der Waals surface area (Å²) in [4.78, 5) is 107. The molecule has 2 aromatic rings. The Labute approximate surface area is 333 Å². The number of unbranched alkanes of at least 4 members (excludes halogenated alkanes) is 1. The van der Waals surface area contributed by atoms with Crippen LogP contribution in [-0.2, 0) is 50.9 Å². The number of aromatic amines is 1. The Bertz CT molecular complexity index is 1690. The van der Waals surface area contributed by atoms with Crippen LogP contribution in [0.25, 0.3) is 0 Å². The van der Waals surface area contributed by atoms with Crippen molar-refractivity contribution >= 4 is 42.8 Å². The van der Waals surface area contributed by atoms with E-state index in [4.69, 9.17) is 10.5 Å². The minimum Gasteiger partial charge on any atom is -0.394 e. The molecule has 8 N–H and O–H groups in total. The molecule has 316 valence electrons. The molecule has 4 amide bonds. The average molecular weight is 819 g/mol. The normalized spacial score (nSPS) is 18.4. The van der Waals surface area contributed by atoms with Crippen LogP contribution in [0, 0.1) is 23.7 Å². The summed E-state index contributed by atoms with van der Waals surface area (Å²) < 4.78 is 17.6. The van der Waals surface area contributed by atoms with Crippen LogP contribution in [0.15, 0.2) is 42.9 Å². The van der Waals surface area contributed by atoms with Gasteiger partial charge in [-0.15, -0.1) is 0 Å².